The summed E-state index contributed by atoms with van der Waals surface area (Å²) in [7, 11) is 0. The van der Waals surface area contributed by atoms with Crippen molar-refractivity contribution in [1.29, 1.82) is 5.26 Å². The zero-order valence-electron chi connectivity index (χ0n) is 13.2. The fourth-order valence-electron chi connectivity index (χ4n) is 3.29. The highest BCUT2D eigenvalue weighted by molar-refractivity contribution is 5.42. The average Bonchev–Trinajstić information content (AvgIpc) is 3.06. The molecular weight excluding hydrogens is 260 g/mol. The maximum absolute atomic E-state index is 8.79. The number of likely N-dealkylation sites (tertiary alicyclic amines) is 1. The predicted molar refractivity (Wildman–Crippen MR) is 86.1 cm³/mol. The van der Waals surface area contributed by atoms with Crippen LogP contribution in [0.15, 0.2) is 18.3 Å². The van der Waals surface area contributed by atoms with Crippen molar-refractivity contribution in [2.45, 2.75) is 45.6 Å². The summed E-state index contributed by atoms with van der Waals surface area (Å²) in [5, 5.41) is 12.3. The Hall–Kier alpha value is -1.60. The summed E-state index contributed by atoms with van der Waals surface area (Å²) in [6.45, 7) is 8.00. The Morgan fingerprint density at radius 1 is 1.29 bits per heavy atom. The van der Waals surface area contributed by atoms with Gasteiger partial charge >= 0.3 is 0 Å². The smallest absolute Gasteiger partial charge is 0.140 e. The molecule has 21 heavy (non-hydrogen) atoms. The Labute approximate surface area is 128 Å². The van der Waals surface area contributed by atoms with Gasteiger partial charge in [-0.3, -0.25) is 4.90 Å². The number of aromatic nitrogens is 1. The third kappa shape index (κ3) is 4.18. The van der Waals surface area contributed by atoms with Gasteiger partial charge < -0.3 is 5.32 Å². The first-order valence-electron chi connectivity index (χ1n) is 8.12. The van der Waals surface area contributed by atoms with Crippen LogP contribution in [0.3, 0.4) is 0 Å². The number of rotatable bonds is 7. The van der Waals surface area contributed by atoms with Crippen LogP contribution < -0.4 is 5.32 Å². The van der Waals surface area contributed by atoms with Gasteiger partial charge in [0, 0.05) is 12.6 Å². The molecule has 1 aliphatic heterocycles. The quantitative estimate of drug-likeness (QED) is 0.836. The van der Waals surface area contributed by atoms with Crippen molar-refractivity contribution in [2.24, 2.45) is 5.92 Å². The number of hydrogen-bond donors (Lipinski definition) is 1. The first kappa shape index (κ1) is 15.8. The van der Waals surface area contributed by atoms with Crippen LogP contribution >= 0.6 is 0 Å². The van der Waals surface area contributed by atoms with E-state index in [0.717, 1.165) is 18.2 Å². The van der Waals surface area contributed by atoms with Crippen LogP contribution in [0.2, 0.25) is 0 Å². The van der Waals surface area contributed by atoms with Gasteiger partial charge in [0.2, 0.25) is 0 Å². The molecule has 0 radical (unpaired) electrons. The zero-order valence-corrected chi connectivity index (χ0v) is 13.2. The molecule has 0 saturated carbocycles. The number of nitriles is 1. The van der Waals surface area contributed by atoms with Gasteiger partial charge in [-0.05, 0) is 44.0 Å². The highest BCUT2D eigenvalue weighted by Crippen LogP contribution is 2.23. The van der Waals surface area contributed by atoms with Crippen LogP contribution in [0.5, 0.6) is 0 Å². The average molecular weight is 286 g/mol. The molecule has 1 aromatic heterocycles. The fourth-order valence-corrected chi connectivity index (χ4v) is 3.29. The molecule has 114 valence electrons. The summed E-state index contributed by atoms with van der Waals surface area (Å²) >= 11 is 0. The lowest BCUT2D eigenvalue weighted by atomic mass is 9.93. The van der Waals surface area contributed by atoms with E-state index in [4.69, 9.17) is 5.26 Å². The van der Waals surface area contributed by atoms with Crippen molar-refractivity contribution < 1.29 is 0 Å². The van der Waals surface area contributed by atoms with Crippen LogP contribution in [0.4, 0.5) is 5.69 Å². The van der Waals surface area contributed by atoms with E-state index in [9.17, 15) is 0 Å². The SMILES string of the molecule is CCC(CC)C(CNc1ccc(C#N)nc1)N1CCCC1. The molecule has 1 N–H and O–H groups in total. The maximum atomic E-state index is 8.79. The van der Waals surface area contributed by atoms with Gasteiger partial charge in [0.25, 0.3) is 0 Å². The van der Waals surface area contributed by atoms with Gasteiger partial charge in [0.05, 0.1) is 11.9 Å². The predicted octanol–water partition coefficient (Wildman–Crippen LogP) is 3.27. The van der Waals surface area contributed by atoms with Gasteiger partial charge in [0.1, 0.15) is 11.8 Å². The van der Waals surface area contributed by atoms with Crippen molar-refractivity contribution in [3.63, 3.8) is 0 Å². The second-order valence-electron chi connectivity index (χ2n) is 5.81. The van der Waals surface area contributed by atoms with Crippen molar-refractivity contribution in [2.75, 3.05) is 25.0 Å². The van der Waals surface area contributed by atoms with Crippen molar-refractivity contribution in [3.8, 4) is 6.07 Å². The lowest BCUT2D eigenvalue weighted by Crippen LogP contribution is -2.43. The van der Waals surface area contributed by atoms with Crippen LogP contribution in [-0.4, -0.2) is 35.6 Å². The molecule has 4 heteroatoms. The summed E-state index contributed by atoms with van der Waals surface area (Å²) in [6.07, 6.45) is 6.87. The van der Waals surface area contributed by atoms with Gasteiger partial charge in [-0.2, -0.15) is 5.26 Å². The first-order chi connectivity index (χ1) is 10.3. The van der Waals surface area contributed by atoms with Crippen LogP contribution in [0, 0.1) is 17.2 Å². The van der Waals surface area contributed by atoms with E-state index in [1.165, 1.54) is 38.8 Å². The Kier molecular flexibility index (Phi) is 6.01. The van der Waals surface area contributed by atoms with Crippen molar-refractivity contribution in [3.05, 3.63) is 24.0 Å². The van der Waals surface area contributed by atoms with Crippen LogP contribution in [-0.2, 0) is 0 Å². The molecule has 1 atom stereocenters. The molecular formula is C17H26N4. The summed E-state index contributed by atoms with van der Waals surface area (Å²) < 4.78 is 0. The standard InChI is InChI=1S/C17H26N4/c1-3-14(4-2)17(21-9-5-6-10-21)13-20-16-8-7-15(11-18)19-12-16/h7-8,12,14,17,20H,3-6,9-10,13H2,1-2H3. The number of hydrogen-bond acceptors (Lipinski definition) is 4. The van der Waals surface area contributed by atoms with E-state index >= 15 is 0 Å². The largest absolute Gasteiger partial charge is 0.382 e. The Morgan fingerprint density at radius 3 is 2.52 bits per heavy atom. The van der Waals surface area contributed by atoms with E-state index < -0.39 is 0 Å². The topological polar surface area (TPSA) is 52.0 Å². The molecule has 0 bridgehead atoms. The minimum absolute atomic E-state index is 0.469. The minimum Gasteiger partial charge on any atom is -0.382 e. The lowest BCUT2D eigenvalue weighted by molar-refractivity contribution is 0.175. The summed E-state index contributed by atoms with van der Waals surface area (Å²) in [5.41, 5.74) is 1.47. The summed E-state index contributed by atoms with van der Waals surface area (Å²) in [5.74, 6) is 0.738. The normalized spacial score (nSPS) is 16.9. The second-order valence-corrected chi connectivity index (χ2v) is 5.81. The molecule has 1 aliphatic rings. The molecule has 1 unspecified atom stereocenters. The van der Waals surface area contributed by atoms with E-state index in [2.05, 4.69) is 35.1 Å². The fraction of sp³-hybridized carbons (Fsp3) is 0.647. The number of nitrogens with zero attached hydrogens (tertiary/aromatic N) is 3. The summed E-state index contributed by atoms with van der Waals surface area (Å²) in [4.78, 5) is 6.76. The van der Waals surface area contributed by atoms with Crippen molar-refractivity contribution in [1.82, 2.24) is 9.88 Å². The van der Waals surface area contributed by atoms with Gasteiger partial charge in [0.15, 0.2) is 0 Å². The van der Waals surface area contributed by atoms with Crippen LogP contribution in [0.1, 0.15) is 45.2 Å². The van der Waals surface area contributed by atoms with E-state index in [1.54, 1.807) is 12.3 Å². The molecule has 0 aliphatic carbocycles. The molecule has 0 aromatic carbocycles. The monoisotopic (exact) mass is 286 g/mol. The molecule has 1 aromatic rings. The molecule has 0 amide bonds. The Morgan fingerprint density at radius 2 is 2.00 bits per heavy atom. The van der Waals surface area contributed by atoms with Gasteiger partial charge in [-0.25, -0.2) is 4.98 Å². The molecule has 2 heterocycles. The molecule has 4 nitrogen and oxygen atoms in total. The minimum atomic E-state index is 0.469. The molecule has 0 spiro atoms. The van der Waals surface area contributed by atoms with Gasteiger partial charge in [-0.1, -0.05) is 26.7 Å². The van der Waals surface area contributed by atoms with Crippen molar-refractivity contribution >= 4 is 5.69 Å². The molecule has 2 rings (SSSR count). The zero-order chi connectivity index (χ0) is 15.1. The lowest BCUT2D eigenvalue weighted by Gasteiger charge is -2.34. The number of nitrogens with one attached hydrogen (secondary N) is 1. The second kappa shape index (κ2) is 7.99. The Balaban J connectivity index is 1.98. The van der Waals surface area contributed by atoms with Crippen LogP contribution in [0.25, 0.3) is 0 Å². The number of anilines is 1. The van der Waals surface area contributed by atoms with E-state index in [1.807, 2.05) is 6.07 Å². The molecule has 1 saturated heterocycles. The number of pyridine rings is 1. The maximum Gasteiger partial charge on any atom is 0.140 e. The third-order valence-corrected chi connectivity index (χ3v) is 4.60. The summed E-state index contributed by atoms with van der Waals surface area (Å²) in [6, 6.07) is 6.36. The van der Waals surface area contributed by atoms with E-state index in [0.29, 0.717) is 11.7 Å². The van der Waals surface area contributed by atoms with Gasteiger partial charge in [-0.15, -0.1) is 0 Å². The third-order valence-electron chi connectivity index (χ3n) is 4.60. The van der Waals surface area contributed by atoms with E-state index in [-0.39, 0.29) is 0 Å². The highest BCUT2D eigenvalue weighted by atomic mass is 15.2. The first-order valence-corrected chi connectivity index (χ1v) is 8.12. The Bertz CT molecular complexity index is 451. The molecule has 1 fully saturated rings. The highest BCUT2D eigenvalue weighted by Gasteiger charge is 2.27.